The van der Waals surface area contributed by atoms with Crippen LogP contribution in [0.2, 0.25) is 0 Å². The van der Waals surface area contributed by atoms with E-state index in [4.69, 9.17) is 4.42 Å². The highest BCUT2D eigenvalue weighted by Crippen LogP contribution is 2.19. The number of carbonyl (C=O) groups is 1. The normalized spacial score (nSPS) is 13.1. The first-order valence-electron chi connectivity index (χ1n) is 6.62. The van der Waals surface area contributed by atoms with Gasteiger partial charge in [0.15, 0.2) is 0 Å². The van der Waals surface area contributed by atoms with Crippen molar-refractivity contribution >= 4 is 6.03 Å². The number of furan rings is 1. The molecule has 0 saturated heterocycles. The number of nitrogens with one attached hydrogen (secondary N) is 2. The standard InChI is InChI=1S/C14H24N2O3/c1-14(2,3)7-5-8-15-13(18)16-10-11(17)12-6-4-9-19-12/h4,6,9,11,17H,5,7-8,10H2,1-3H3,(H2,15,16,18). The Labute approximate surface area is 114 Å². The Hall–Kier alpha value is -1.49. The molecule has 1 aromatic rings. The van der Waals surface area contributed by atoms with Crippen molar-refractivity contribution in [3.63, 3.8) is 0 Å². The minimum Gasteiger partial charge on any atom is -0.467 e. The Morgan fingerprint density at radius 2 is 2.16 bits per heavy atom. The summed E-state index contributed by atoms with van der Waals surface area (Å²) >= 11 is 0. The molecule has 0 bridgehead atoms. The fourth-order valence-electron chi connectivity index (χ4n) is 1.65. The minimum absolute atomic E-state index is 0.138. The van der Waals surface area contributed by atoms with Crippen molar-refractivity contribution in [3.05, 3.63) is 24.2 Å². The van der Waals surface area contributed by atoms with Crippen LogP contribution in [-0.2, 0) is 0 Å². The molecule has 0 aliphatic carbocycles. The van der Waals surface area contributed by atoms with Gasteiger partial charge in [-0.2, -0.15) is 0 Å². The van der Waals surface area contributed by atoms with Crippen LogP contribution in [0.1, 0.15) is 45.5 Å². The van der Waals surface area contributed by atoms with Crippen molar-refractivity contribution < 1.29 is 14.3 Å². The van der Waals surface area contributed by atoms with Gasteiger partial charge in [0.2, 0.25) is 0 Å². The molecule has 1 aromatic heterocycles. The lowest BCUT2D eigenvalue weighted by molar-refractivity contribution is 0.148. The monoisotopic (exact) mass is 268 g/mol. The van der Waals surface area contributed by atoms with Crippen molar-refractivity contribution in [2.45, 2.75) is 39.7 Å². The highest BCUT2D eigenvalue weighted by Gasteiger charge is 2.12. The predicted octanol–water partition coefficient (Wildman–Crippen LogP) is 2.44. The quantitative estimate of drug-likeness (QED) is 0.694. The van der Waals surface area contributed by atoms with E-state index in [2.05, 4.69) is 31.4 Å². The summed E-state index contributed by atoms with van der Waals surface area (Å²) in [4.78, 5) is 11.5. The predicted molar refractivity (Wildman–Crippen MR) is 73.8 cm³/mol. The second-order valence-electron chi connectivity index (χ2n) is 5.83. The molecule has 2 amide bonds. The lowest BCUT2D eigenvalue weighted by Gasteiger charge is -2.18. The van der Waals surface area contributed by atoms with Gasteiger partial charge in [-0.05, 0) is 30.4 Å². The molecule has 5 nitrogen and oxygen atoms in total. The fraction of sp³-hybridized carbons (Fsp3) is 0.643. The summed E-state index contributed by atoms with van der Waals surface area (Å²) < 4.78 is 5.04. The Morgan fingerprint density at radius 1 is 1.42 bits per heavy atom. The summed E-state index contributed by atoms with van der Waals surface area (Å²) in [6, 6.07) is 3.11. The van der Waals surface area contributed by atoms with Crippen LogP contribution in [0, 0.1) is 5.41 Å². The van der Waals surface area contributed by atoms with E-state index < -0.39 is 6.10 Å². The number of carbonyl (C=O) groups excluding carboxylic acids is 1. The van der Waals surface area contributed by atoms with Gasteiger partial charge in [0, 0.05) is 6.54 Å². The molecule has 1 unspecified atom stereocenters. The van der Waals surface area contributed by atoms with Crippen LogP contribution in [0.4, 0.5) is 4.79 Å². The summed E-state index contributed by atoms with van der Waals surface area (Å²) in [5, 5.41) is 15.1. The van der Waals surface area contributed by atoms with Gasteiger partial charge in [-0.1, -0.05) is 20.8 Å². The van der Waals surface area contributed by atoms with Crippen LogP contribution in [0.3, 0.4) is 0 Å². The Kier molecular flexibility index (Phi) is 5.89. The van der Waals surface area contributed by atoms with Gasteiger partial charge >= 0.3 is 6.03 Å². The summed E-state index contributed by atoms with van der Waals surface area (Å²) in [5.41, 5.74) is 0.285. The molecule has 1 heterocycles. The average molecular weight is 268 g/mol. The summed E-state index contributed by atoms with van der Waals surface area (Å²) in [5.74, 6) is 0.452. The zero-order valence-electron chi connectivity index (χ0n) is 11.9. The van der Waals surface area contributed by atoms with E-state index in [0.29, 0.717) is 12.3 Å². The molecule has 19 heavy (non-hydrogen) atoms. The molecule has 0 saturated carbocycles. The van der Waals surface area contributed by atoms with E-state index in [-0.39, 0.29) is 18.0 Å². The van der Waals surface area contributed by atoms with E-state index >= 15 is 0 Å². The highest BCUT2D eigenvalue weighted by atomic mass is 16.4. The van der Waals surface area contributed by atoms with Crippen molar-refractivity contribution in [1.29, 1.82) is 0 Å². The van der Waals surface area contributed by atoms with E-state index in [1.165, 1.54) is 6.26 Å². The van der Waals surface area contributed by atoms with Gasteiger partial charge in [0.25, 0.3) is 0 Å². The molecule has 1 rings (SSSR count). The number of aliphatic hydroxyl groups is 1. The Morgan fingerprint density at radius 3 is 2.74 bits per heavy atom. The van der Waals surface area contributed by atoms with E-state index in [9.17, 15) is 9.90 Å². The Balaban J connectivity index is 2.11. The minimum atomic E-state index is -0.810. The molecule has 0 aliphatic heterocycles. The first-order valence-corrected chi connectivity index (χ1v) is 6.62. The largest absolute Gasteiger partial charge is 0.467 e. The summed E-state index contributed by atoms with van der Waals surface area (Å²) in [7, 11) is 0. The van der Waals surface area contributed by atoms with E-state index in [0.717, 1.165) is 12.8 Å². The third-order valence-corrected chi connectivity index (χ3v) is 2.72. The molecular weight excluding hydrogens is 244 g/mol. The molecule has 0 aromatic carbocycles. The first-order chi connectivity index (χ1) is 8.88. The van der Waals surface area contributed by atoms with Gasteiger partial charge in [-0.25, -0.2) is 4.79 Å². The molecule has 0 spiro atoms. The van der Waals surface area contributed by atoms with Crippen molar-refractivity contribution in [3.8, 4) is 0 Å². The number of amides is 2. The van der Waals surface area contributed by atoms with Gasteiger partial charge < -0.3 is 20.2 Å². The molecule has 0 radical (unpaired) electrons. The zero-order chi connectivity index (χ0) is 14.3. The SMILES string of the molecule is CC(C)(C)CCCNC(=O)NCC(O)c1ccco1. The third-order valence-electron chi connectivity index (χ3n) is 2.72. The highest BCUT2D eigenvalue weighted by molar-refractivity contribution is 5.73. The van der Waals surface area contributed by atoms with E-state index in [1.54, 1.807) is 12.1 Å². The Bertz CT molecular complexity index is 369. The van der Waals surface area contributed by atoms with Crippen LogP contribution < -0.4 is 10.6 Å². The molecule has 0 aliphatic rings. The van der Waals surface area contributed by atoms with Gasteiger partial charge in [0.05, 0.1) is 12.8 Å². The van der Waals surface area contributed by atoms with Crippen LogP contribution >= 0.6 is 0 Å². The lowest BCUT2D eigenvalue weighted by atomic mass is 9.91. The summed E-state index contributed by atoms with van der Waals surface area (Å²) in [6.07, 6.45) is 2.68. The number of hydrogen-bond acceptors (Lipinski definition) is 3. The lowest BCUT2D eigenvalue weighted by Crippen LogP contribution is -2.38. The molecule has 3 N–H and O–H groups in total. The topological polar surface area (TPSA) is 74.5 Å². The van der Waals surface area contributed by atoms with Gasteiger partial charge in [-0.15, -0.1) is 0 Å². The maximum atomic E-state index is 11.5. The van der Waals surface area contributed by atoms with Crippen LogP contribution in [0.15, 0.2) is 22.8 Å². The third kappa shape index (κ3) is 6.86. The molecule has 0 fully saturated rings. The second kappa shape index (κ2) is 7.19. The van der Waals surface area contributed by atoms with E-state index in [1.807, 2.05) is 0 Å². The second-order valence-corrected chi connectivity index (χ2v) is 5.83. The molecule has 5 heteroatoms. The van der Waals surface area contributed by atoms with Crippen LogP contribution in [-0.4, -0.2) is 24.2 Å². The average Bonchev–Trinajstić information content (AvgIpc) is 2.84. The van der Waals surface area contributed by atoms with Gasteiger partial charge in [0.1, 0.15) is 11.9 Å². The summed E-state index contributed by atoms with van der Waals surface area (Å²) in [6.45, 7) is 7.30. The van der Waals surface area contributed by atoms with Crippen LogP contribution in [0.25, 0.3) is 0 Å². The fourth-order valence-corrected chi connectivity index (χ4v) is 1.65. The zero-order valence-corrected chi connectivity index (χ0v) is 11.9. The molecular formula is C14H24N2O3. The number of rotatable bonds is 6. The van der Waals surface area contributed by atoms with Crippen molar-refractivity contribution in [2.24, 2.45) is 5.41 Å². The number of urea groups is 1. The van der Waals surface area contributed by atoms with Crippen molar-refractivity contribution in [2.75, 3.05) is 13.1 Å². The maximum absolute atomic E-state index is 11.5. The van der Waals surface area contributed by atoms with Crippen LogP contribution in [0.5, 0.6) is 0 Å². The van der Waals surface area contributed by atoms with Gasteiger partial charge in [-0.3, -0.25) is 0 Å². The smallest absolute Gasteiger partial charge is 0.314 e. The number of hydrogen-bond donors (Lipinski definition) is 3. The van der Waals surface area contributed by atoms with Crippen molar-refractivity contribution in [1.82, 2.24) is 10.6 Å². The molecule has 1 atom stereocenters. The maximum Gasteiger partial charge on any atom is 0.314 e. The first kappa shape index (κ1) is 15.6. The molecule has 108 valence electrons. The number of aliphatic hydroxyl groups excluding tert-OH is 1.